The molecular formula is C39H26IrN3. The minimum Gasteiger partial charge on any atom is -0.305 e. The molecule has 5 aromatic carbocycles. The van der Waals surface area contributed by atoms with E-state index in [9.17, 15) is 0 Å². The molecule has 0 bridgehead atoms. The average molecular weight is 729 g/mol. The summed E-state index contributed by atoms with van der Waals surface area (Å²) in [5.74, 6) is 0. The maximum atomic E-state index is 4.38. The SMILES string of the molecule is C=Cc1c[c-]c(-c2ccccn2)cc1.[Ir+3].[c-]1cccc2ccc3cccnc3c12.[c-]1cccc2ccc3cccnc3c12. The summed E-state index contributed by atoms with van der Waals surface area (Å²) in [4.78, 5) is 13.0. The number of hydrogen-bond acceptors (Lipinski definition) is 3. The van der Waals surface area contributed by atoms with Crippen molar-refractivity contribution in [1.82, 2.24) is 15.0 Å². The minimum absolute atomic E-state index is 0. The fourth-order valence-electron chi connectivity index (χ4n) is 4.71. The van der Waals surface area contributed by atoms with Gasteiger partial charge in [0.15, 0.2) is 0 Å². The molecule has 8 aromatic rings. The molecule has 0 atom stereocenters. The minimum atomic E-state index is 0. The number of pyridine rings is 3. The summed E-state index contributed by atoms with van der Waals surface area (Å²) in [6, 6.07) is 49.9. The molecule has 0 radical (unpaired) electrons. The van der Waals surface area contributed by atoms with Gasteiger partial charge in [0.25, 0.3) is 0 Å². The van der Waals surface area contributed by atoms with Crippen LogP contribution in [-0.4, -0.2) is 15.0 Å². The zero-order valence-electron chi connectivity index (χ0n) is 23.2. The molecule has 3 nitrogen and oxygen atoms in total. The van der Waals surface area contributed by atoms with Crippen LogP contribution in [0.3, 0.4) is 0 Å². The van der Waals surface area contributed by atoms with Gasteiger partial charge in [0.2, 0.25) is 0 Å². The number of hydrogen-bond donors (Lipinski definition) is 0. The van der Waals surface area contributed by atoms with Gasteiger partial charge in [-0.15, -0.1) is 118 Å². The van der Waals surface area contributed by atoms with Crippen LogP contribution in [0.25, 0.3) is 60.7 Å². The number of nitrogens with zero attached hydrogens (tertiary/aromatic N) is 3. The van der Waals surface area contributed by atoms with E-state index in [0.29, 0.717) is 0 Å². The first-order valence-corrected chi connectivity index (χ1v) is 13.6. The first-order valence-electron chi connectivity index (χ1n) is 13.6. The molecule has 0 N–H and O–H groups in total. The van der Waals surface area contributed by atoms with Crippen LogP contribution in [0, 0.1) is 18.2 Å². The maximum absolute atomic E-state index is 4.38. The van der Waals surface area contributed by atoms with Gasteiger partial charge in [-0.1, -0.05) is 48.5 Å². The van der Waals surface area contributed by atoms with E-state index in [2.05, 4.69) is 88.3 Å². The molecule has 0 saturated carbocycles. The van der Waals surface area contributed by atoms with Gasteiger partial charge in [-0.2, -0.15) is 0 Å². The molecule has 0 spiro atoms. The predicted molar refractivity (Wildman–Crippen MR) is 175 cm³/mol. The molecule has 0 saturated heterocycles. The summed E-state index contributed by atoms with van der Waals surface area (Å²) in [6.07, 6.45) is 7.23. The molecule has 0 aliphatic rings. The van der Waals surface area contributed by atoms with Gasteiger partial charge in [0, 0.05) is 18.6 Å². The molecule has 0 fully saturated rings. The third-order valence-corrected chi connectivity index (χ3v) is 6.83. The molecule has 0 aliphatic carbocycles. The van der Waals surface area contributed by atoms with Crippen molar-refractivity contribution in [2.24, 2.45) is 0 Å². The molecule has 206 valence electrons. The van der Waals surface area contributed by atoms with Crippen molar-refractivity contribution in [2.75, 3.05) is 0 Å². The Morgan fingerprint density at radius 3 is 1.58 bits per heavy atom. The molecule has 3 heterocycles. The number of aromatic nitrogens is 3. The summed E-state index contributed by atoms with van der Waals surface area (Å²) in [7, 11) is 0. The van der Waals surface area contributed by atoms with E-state index in [1.54, 1.807) is 12.3 Å². The van der Waals surface area contributed by atoms with Crippen molar-refractivity contribution in [1.29, 1.82) is 0 Å². The zero-order valence-corrected chi connectivity index (χ0v) is 25.6. The van der Waals surface area contributed by atoms with Gasteiger partial charge >= 0.3 is 20.1 Å². The number of benzene rings is 5. The van der Waals surface area contributed by atoms with E-state index in [4.69, 9.17) is 0 Å². The van der Waals surface area contributed by atoms with Gasteiger partial charge in [-0.3, -0.25) is 0 Å². The van der Waals surface area contributed by atoms with Gasteiger partial charge in [-0.25, -0.2) is 0 Å². The monoisotopic (exact) mass is 729 g/mol. The fraction of sp³-hybridized carbons (Fsp3) is 0. The third kappa shape index (κ3) is 6.90. The average Bonchev–Trinajstić information content (AvgIpc) is 3.09. The second kappa shape index (κ2) is 14.2. The second-order valence-corrected chi connectivity index (χ2v) is 9.50. The van der Waals surface area contributed by atoms with Crippen molar-refractivity contribution >= 4 is 49.4 Å². The van der Waals surface area contributed by atoms with E-state index >= 15 is 0 Å². The van der Waals surface area contributed by atoms with Crippen LogP contribution in [0.1, 0.15) is 5.56 Å². The van der Waals surface area contributed by atoms with Gasteiger partial charge < -0.3 is 15.0 Å². The Labute approximate surface area is 265 Å². The van der Waals surface area contributed by atoms with E-state index in [1.165, 1.54) is 21.5 Å². The molecule has 8 rings (SSSR count). The Morgan fingerprint density at radius 2 is 1.07 bits per heavy atom. The number of fused-ring (bicyclic) bond motifs is 6. The smallest absolute Gasteiger partial charge is 0.305 e. The maximum Gasteiger partial charge on any atom is 3.00 e. The van der Waals surface area contributed by atoms with Crippen molar-refractivity contribution < 1.29 is 20.1 Å². The quantitative estimate of drug-likeness (QED) is 0.132. The van der Waals surface area contributed by atoms with Crippen LogP contribution in [0.15, 0.2) is 146 Å². The first-order chi connectivity index (χ1) is 20.8. The third-order valence-electron chi connectivity index (χ3n) is 6.83. The Balaban J connectivity index is 0.000000127. The molecule has 4 heteroatoms. The van der Waals surface area contributed by atoms with Crippen molar-refractivity contribution in [3.8, 4) is 11.3 Å². The summed E-state index contributed by atoms with van der Waals surface area (Å²) in [5, 5.41) is 6.93. The van der Waals surface area contributed by atoms with E-state index < -0.39 is 0 Å². The normalized spacial score (nSPS) is 10.2. The topological polar surface area (TPSA) is 38.7 Å². The van der Waals surface area contributed by atoms with Crippen molar-refractivity contribution in [3.63, 3.8) is 0 Å². The fourth-order valence-corrected chi connectivity index (χ4v) is 4.71. The zero-order chi connectivity index (χ0) is 28.6. The molecule has 0 amide bonds. The summed E-state index contributed by atoms with van der Waals surface area (Å²) < 4.78 is 0. The molecule has 43 heavy (non-hydrogen) atoms. The van der Waals surface area contributed by atoms with Gasteiger partial charge in [0.1, 0.15) is 0 Å². The Bertz CT molecular complexity index is 1890. The molecule has 0 aliphatic heterocycles. The van der Waals surface area contributed by atoms with Crippen LogP contribution in [-0.2, 0) is 20.1 Å². The second-order valence-electron chi connectivity index (χ2n) is 9.50. The van der Waals surface area contributed by atoms with Gasteiger partial charge in [0.05, 0.1) is 0 Å². The predicted octanol–water partition coefficient (Wildman–Crippen LogP) is 9.57. The first kappa shape index (κ1) is 29.5. The van der Waals surface area contributed by atoms with Crippen molar-refractivity contribution in [3.05, 3.63) is 170 Å². The Hall–Kier alpha value is -5.02. The standard InChI is InChI=1S/2C13H8N.C13H10N.Ir/c2*1-2-6-12-10(4-1)7-8-11-5-3-9-14-13(11)12;1-2-11-6-8-12(9-7-11)13-5-3-4-10-14-13;/h2*1-5,7-9H;2-8,10H,1H2;/q3*-1;+3. The summed E-state index contributed by atoms with van der Waals surface area (Å²) >= 11 is 0. The molecule has 3 aromatic heterocycles. The molecular weight excluding hydrogens is 703 g/mol. The largest absolute Gasteiger partial charge is 3.00 e. The van der Waals surface area contributed by atoms with Crippen LogP contribution >= 0.6 is 0 Å². The van der Waals surface area contributed by atoms with Gasteiger partial charge in [-0.05, 0) is 45.7 Å². The Kier molecular flexibility index (Phi) is 9.76. The van der Waals surface area contributed by atoms with Crippen LogP contribution < -0.4 is 0 Å². The van der Waals surface area contributed by atoms with E-state index in [-0.39, 0.29) is 20.1 Å². The van der Waals surface area contributed by atoms with E-state index in [0.717, 1.165) is 38.6 Å². The van der Waals surface area contributed by atoms with Crippen LogP contribution in [0.4, 0.5) is 0 Å². The van der Waals surface area contributed by atoms with Crippen LogP contribution in [0.2, 0.25) is 0 Å². The number of rotatable bonds is 2. The van der Waals surface area contributed by atoms with Crippen LogP contribution in [0.5, 0.6) is 0 Å². The Morgan fingerprint density at radius 1 is 0.512 bits per heavy atom. The summed E-state index contributed by atoms with van der Waals surface area (Å²) in [5.41, 5.74) is 5.10. The summed E-state index contributed by atoms with van der Waals surface area (Å²) in [6.45, 7) is 3.70. The van der Waals surface area contributed by atoms with Crippen molar-refractivity contribution in [2.45, 2.75) is 0 Å². The molecule has 0 unspecified atom stereocenters. The van der Waals surface area contributed by atoms with E-state index in [1.807, 2.05) is 85.2 Å².